The predicted molar refractivity (Wildman–Crippen MR) is 75.9 cm³/mol. The molecule has 0 saturated carbocycles. The molecular formula is C12H16N4S2. The van der Waals surface area contributed by atoms with Gasteiger partial charge in [0.25, 0.3) is 0 Å². The summed E-state index contributed by atoms with van der Waals surface area (Å²) in [6.45, 7) is 0. The van der Waals surface area contributed by atoms with Crippen molar-refractivity contribution >= 4 is 23.5 Å². The number of nitrogens with zero attached hydrogens (tertiary/aromatic N) is 4. The SMILES string of the molecule is Cn1nnnc1SCCCCSc1ccccc1. The Morgan fingerprint density at radius 1 is 1.06 bits per heavy atom. The van der Waals surface area contributed by atoms with Gasteiger partial charge < -0.3 is 0 Å². The Kier molecular flexibility index (Phi) is 5.54. The summed E-state index contributed by atoms with van der Waals surface area (Å²) in [5, 5.41) is 12.3. The highest BCUT2D eigenvalue weighted by Gasteiger charge is 2.01. The molecule has 0 saturated heterocycles. The van der Waals surface area contributed by atoms with Crippen LogP contribution in [0.5, 0.6) is 0 Å². The monoisotopic (exact) mass is 280 g/mol. The number of rotatable bonds is 7. The highest BCUT2D eigenvalue weighted by atomic mass is 32.2. The van der Waals surface area contributed by atoms with Gasteiger partial charge >= 0.3 is 0 Å². The molecule has 96 valence electrons. The lowest BCUT2D eigenvalue weighted by molar-refractivity contribution is 0.664. The van der Waals surface area contributed by atoms with E-state index >= 15 is 0 Å². The van der Waals surface area contributed by atoms with E-state index in [1.165, 1.54) is 23.5 Å². The number of thioether (sulfide) groups is 2. The van der Waals surface area contributed by atoms with Gasteiger partial charge in [0.15, 0.2) is 0 Å². The average Bonchev–Trinajstić information content (AvgIpc) is 2.81. The number of unbranched alkanes of at least 4 members (excludes halogenated alkanes) is 1. The molecule has 0 spiro atoms. The predicted octanol–water partition coefficient (Wildman–Crippen LogP) is 2.87. The van der Waals surface area contributed by atoms with Gasteiger partial charge in [-0.3, -0.25) is 0 Å². The molecule has 0 aliphatic carbocycles. The van der Waals surface area contributed by atoms with Crippen molar-refractivity contribution in [2.75, 3.05) is 11.5 Å². The summed E-state index contributed by atoms with van der Waals surface area (Å²) in [4.78, 5) is 1.35. The van der Waals surface area contributed by atoms with E-state index in [2.05, 4.69) is 45.9 Å². The van der Waals surface area contributed by atoms with Crippen LogP contribution in [0.3, 0.4) is 0 Å². The lowest BCUT2D eigenvalue weighted by Gasteiger charge is -2.01. The molecule has 0 aliphatic rings. The zero-order valence-electron chi connectivity index (χ0n) is 10.3. The summed E-state index contributed by atoms with van der Waals surface area (Å²) in [6.07, 6.45) is 2.41. The first-order valence-electron chi connectivity index (χ1n) is 5.89. The summed E-state index contributed by atoms with van der Waals surface area (Å²) in [5.74, 6) is 2.24. The molecule has 2 rings (SSSR count). The van der Waals surface area contributed by atoms with E-state index in [1.807, 2.05) is 18.8 Å². The largest absolute Gasteiger partial charge is 0.224 e. The third-order valence-corrected chi connectivity index (χ3v) is 4.56. The molecule has 1 aromatic heterocycles. The Morgan fingerprint density at radius 3 is 2.44 bits per heavy atom. The highest BCUT2D eigenvalue weighted by Crippen LogP contribution is 2.20. The Morgan fingerprint density at radius 2 is 1.78 bits per heavy atom. The number of aromatic nitrogens is 4. The van der Waals surface area contributed by atoms with Crippen LogP contribution in [0.1, 0.15) is 12.8 Å². The van der Waals surface area contributed by atoms with E-state index in [9.17, 15) is 0 Å². The van der Waals surface area contributed by atoms with Crippen LogP contribution in [-0.2, 0) is 7.05 Å². The first-order chi connectivity index (χ1) is 8.86. The summed E-state index contributed by atoms with van der Waals surface area (Å²) in [7, 11) is 1.87. The molecular weight excluding hydrogens is 264 g/mol. The molecule has 1 aromatic carbocycles. The number of hydrogen-bond acceptors (Lipinski definition) is 5. The third-order valence-electron chi connectivity index (χ3n) is 2.36. The van der Waals surface area contributed by atoms with Gasteiger partial charge in [0, 0.05) is 17.7 Å². The first kappa shape index (κ1) is 13.4. The van der Waals surface area contributed by atoms with Crippen molar-refractivity contribution in [2.24, 2.45) is 7.05 Å². The Labute approximate surface area is 116 Å². The molecule has 0 fully saturated rings. The standard InChI is InChI=1S/C12H16N4S2/c1-16-12(13-14-15-16)18-10-6-5-9-17-11-7-3-2-4-8-11/h2-4,7-8H,5-6,9-10H2,1H3. The van der Waals surface area contributed by atoms with E-state index in [4.69, 9.17) is 0 Å². The van der Waals surface area contributed by atoms with Gasteiger partial charge in [-0.2, -0.15) is 0 Å². The minimum absolute atomic E-state index is 0.894. The average molecular weight is 280 g/mol. The molecule has 0 radical (unpaired) electrons. The molecule has 6 heteroatoms. The molecule has 0 atom stereocenters. The normalized spacial score (nSPS) is 10.7. The molecule has 0 bridgehead atoms. The van der Waals surface area contributed by atoms with Crippen molar-refractivity contribution < 1.29 is 0 Å². The van der Waals surface area contributed by atoms with Gasteiger partial charge in [-0.15, -0.1) is 16.9 Å². The van der Waals surface area contributed by atoms with Crippen LogP contribution in [0.15, 0.2) is 40.4 Å². The van der Waals surface area contributed by atoms with Gasteiger partial charge in [0.05, 0.1) is 0 Å². The van der Waals surface area contributed by atoms with Crippen LogP contribution in [-0.4, -0.2) is 31.7 Å². The number of hydrogen-bond donors (Lipinski definition) is 0. The van der Waals surface area contributed by atoms with Crippen LogP contribution < -0.4 is 0 Å². The minimum atomic E-state index is 0.894. The van der Waals surface area contributed by atoms with Gasteiger partial charge in [-0.25, -0.2) is 4.68 Å². The molecule has 0 unspecified atom stereocenters. The van der Waals surface area contributed by atoms with Gasteiger partial charge in [0.2, 0.25) is 5.16 Å². The van der Waals surface area contributed by atoms with Crippen molar-refractivity contribution in [1.82, 2.24) is 20.2 Å². The van der Waals surface area contributed by atoms with Crippen molar-refractivity contribution in [3.63, 3.8) is 0 Å². The fraction of sp³-hybridized carbons (Fsp3) is 0.417. The molecule has 4 nitrogen and oxygen atoms in total. The Bertz CT molecular complexity index is 458. The van der Waals surface area contributed by atoms with E-state index in [1.54, 1.807) is 16.4 Å². The maximum atomic E-state index is 3.94. The van der Waals surface area contributed by atoms with Crippen LogP contribution in [0.25, 0.3) is 0 Å². The first-order valence-corrected chi connectivity index (χ1v) is 7.86. The topological polar surface area (TPSA) is 43.6 Å². The molecule has 0 amide bonds. The van der Waals surface area contributed by atoms with Gasteiger partial charge in [-0.05, 0) is 41.2 Å². The van der Waals surface area contributed by atoms with Crippen molar-refractivity contribution in [3.8, 4) is 0 Å². The number of benzene rings is 1. The maximum Gasteiger partial charge on any atom is 0.209 e. The van der Waals surface area contributed by atoms with E-state index in [-0.39, 0.29) is 0 Å². The summed E-state index contributed by atoms with van der Waals surface area (Å²) in [6, 6.07) is 10.5. The molecule has 0 aliphatic heterocycles. The molecule has 18 heavy (non-hydrogen) atoms. The van der Waals surface area contributed by atoms with Crippen LogP contribution in [0.2, 0.25) is 0 Å². The fourth-order valence-electron chi connectivity index (χ4n) is 1.42. The maximum absolute atomic E-state index is 3.94. The lowest BCUT2D eigenvalue weighted by Crippen LogP contribution is -1.94. The highest BCUT2D eigenvalue weighted by molar-refractivity contribution is 7.99. The summed E-state index contributed by atoms with van der Waals surface area (Å²) in [5.41, 5.74) is 0. The van der Waals surface area contributed by atoms with Gasteiger partial charge in [-0.1, -0.05) is 30.0 Å². The van der Waals surface area contributed by atoms with Crippen molar-refractivity contribution in [1.29, 1.82) is 0 Å². The van der Waals surface area contributed by atoms with E-state index in [0.717, 1.165) is 10.9 Å². The fourth-order valence-corrected chi connectivity index (χ4v) is 3.20. The second-order valence-electron chi connectivity index (χ2n) is 3.80. The van der Waals surface area contributed by atoms with Crippen molar-refractivity contribution in [2.45, 2.75) is 22.9 Å². The van der Waals surface area contributed by atoms with Crippen LogP contribution in [0.4, 0.5) is 0 Å². The second kappa shape index (κ2) is 7.43. The lowest BCUT2D eigenvalue weighted by atomic mass is 10.4. The molecule has 0 N–H and O–H groups in total. The smallest absolute Gasteiger partial charge is 0.209 e. The van der Waals surface area contributed by atoms with E-state index in [0.29, 0.717) is 0 Å². The Hall–Kier alpha value is -1.01. The molecule has 2 aromatic rings. The zero-order valence-corrected chi connectivity index (χ0v) is 12.0. The van der Waals surface area contributed by atoms with Gasteiger partial charge in [0.1, 0.15) is 0 Å². The third kappa shape index (κ3) is 4.34. The van der Waals surface area contributed by atoms with E-state index < -0.39 is 0 Å². The summed E-state index contributed by atoms with van der Waals surface area (Å²) >= 11 is 3.63. The number of aryl methyl sites for hydroxylation is 1. The zero-order chi connectivity index (χ0) is 12.6. The summed E-state index contributed by atoms with van der Waals surface area (Å²) < 4.78 is 1.71. The van der Waals surface area contributed by atoms with Crippen LogP contribution in [0, 0.1) is 0 Å². The van der Waals surface area contributed by atoms with Crippen LogP contribution >= 0.6 is 23.5 Å². The second-order valence-corrected chi connectivity index (χ2v) is 6.03. The minimum Gasteiger partial charge on any atom is -0.224 e. The molecule has 1 heterocycles. The number of tetrazole rings is 1. The quantitative estimate of drug-likeness (QED) is 0.576. The Balaban J connectivity index is 1.56. The van der Waals surface area contributed by atoms with Crippen molar-refractivity contribution in [3.05, 3.63) is 30.3 Å².